The summed E-state index contributed by atoms with van der Waals surface area (Å²) in [5.41, 5.74) is 0.539. The Bertz CT molecular complexity index is 629. The molecule has 0 spiro atoms. The van der Waals surface area contributed by atoms with Crippen molar-refractivity contribution < 1.29 is 13.9 Å². The van der Waals surface area contributed by atoms with Crippen LogP contribution >= 0.6 is 11.3 Å². The number of nitrogens with zero attached hydrogens (tertiary/aromatic N) is 2. The van der Waals surface area contributed by atoms with Crippen molar-refractivity contribution in [2.75, 3.05) is 12.0 Å². The van der Waals surface area contributed by atoms with Crippen molar-refractivity contribution in [3.05, 3.63) is 40.6 Å². The third-order valence-electron chi connectivity index (χ3n) is 3.23. The van der Waals surface area contributed by atoms with Crippen LogP contribution in [0.3, 0.4) is 0 Å². The van der Waals surface area contributed by atoms with Gasteiger partial charge in [0.1, 0.15) is 0 Å². The second kappa shape index (κ2) is 7.35. The van der Waals surface area contributed by atoms with Crippen LogP contribution < -0.4 is 9.64 Å². The summed E-state index contributed by atoms with van der Waals surface area (Å²) >= 11 is 1.53. The minimum absolute atomic E-state index is 0.0465. The summed E-state index contributed by atoms with van der Waals surface area (Å²) in [5.74, 6) is -0.351. The summed E-state index contributed by atoms with van der Waals surface area (Å²) in [6, 6.07) is 4.51. The monoisotopic (exact) mass is 322 g/mol. The highest BCUT2D eigenvalue weighted by Crippen LogP contribution is 2.25. The lowest BCUT2D eigenvalue weighted by Crippen LogP contribution is -2.37. The number of amides is 1. The van der Waals surface area contributed by atoms with Crippen LogP contribution in [0.4, 0.5) is 10.1 Å². The maximum absolute atomic E-state index is 13.9. The fourth-order valence-electron chi connectivity index (χ4n) is 2.25. The average molecular weight is 322 g/mol. The van der Waals surface area contributed by atoms with Crippen molar-refractivity contribution in [1.29, 1.82) is 0 Å². The molecule has 0 saturated heterocycles. The molecule has 2 rings (SSSR count). The molecule has 0 aliphatic heterocycles. The molecule has 118 valence electrons. The van der Waals surface area contributed by atoms with Gasteiger partial charge in [0.2, 0.25) is 5.91 Å². The molecule has 2 aromatic rings. The van der Waals surface area contributed by atoms with Crippen LogP contribution in [0.15, 0.2) is 29.8 Å². The van der Waals surface area contributed by atoms with Crippen LogP contribution in [-0.2, 0) is 11.2 Å². The molecule has 0 N–H and O–H groups in total. The summed E-state index contributed by atoms with van der Waals surface area (Å²) in [6.45, 7) is 3.81. The second-order valence-electron chi connectivity index (χ2n) is 5.10. The maximum Gasteiger partial charge on any atom is 0.227 e. The number of carbonyl (C=O) groups is 1. The van der Waals surface area contributed by atoms with Crippen molar-refractivity contribution >= 4 is 22.9 Å². The highest BCUT2D eigenvalue weighted by molar-refractivity contribution is 7.09. The van der Waals surface area contributed by atoms with E-state index in [0.717, 1.165) is 5.01 Å². The van der Waals surface area contributed by atoms with Gasteiger partial charge in [-0.3, -0.25) is 4.79 Å². The predicted octanol–water partition coefficient (Wildman–Crippen LogP) is 3.67. The minimum Gasteiger partial charge on any atom is -0.494 e. The summed E-state index contributed by atoms with van der Waals surface area (Å²) in [4.78, 5) is 18.3. The number of thiazole rings is 1. The molecule has 4 nitrogen and oxygen atoms in total. The number of hydrogen-bond acceptors (Lipinski definition) is 4. The van der Waals surface area contributed by atoms with Gasteiger partial charge in [-0.15, -0.1) is 11.3 Å². The molecule has 22 heavy (non-hydrogen) atoms. The topological polar surface area (TPSA) is 42.4 Å². The minimum atomic E-state index is -0.474. The van der Waals surface area contributed by atoms with Gasteiger partial charge in [0.25, 0.3) is 0 Å². The lowest BCUT2D eigenvalue weighted by Gasteiger charge is -2.27. The van der Waals surface area contributed by atoms with Gasteiger partial charge in [-0.1, -0.05) is 0 Å². The molecule has 0 unspecified atom stereocenters. The van der Waals surface area contributed by atoms with Crippen molar-refractivity contribution in [3.63, 3.8) is 0 Å². The third-order valence-corrected chi connectivity index (χ3v) is 4.07. The number of hydrogen-bond donors (Lipinski definition) is 0. The fourth-order valence-corrected chi connectivity index (χ4v) is 2.87. The Balaban J connectivity index is 2.15. The lowest BCUT2D eigenvalue weighted by molar-refractivity contribution is -0.118. The van der Waals surface area contributed by atoms with Gasteiger partial charge in [0, 0.05) is 42.2 Å². The molecule has 1 amide bonds. The smallest absolute Gasteiger partial charge is 0.227 e. The van der Waals surface area contributed by atoms with E-state index in [-0.39, 0.29) is 17.7 Å². The number of halogens is 1. The van der Waals surface area contributed by atoms with E-state index in [2.05, 4.69) is 4.98 Å². The molecule has 0 fully saturated rings. The van der Waals surface area contributed by atoms with Crippen LogP contribution in [0, 0.1) is 5.82 Å². The predicted molar refractivity (Wildman–Crippen MR) is 86.0 cm³/mol. The number of aromatic nitrogens is 1. The molecule has 0 atom stereocenters. The molecular weight excluding hydrogens is 303 g/mol. The van der Waals surface area contributed by atoms with Crippen molar-refractivity contribution in [3.8, 4) is 5.75 Å². The highest BCUT2D eigenvalue weighted by atomic mass is 32.1. The first-order valence-electron chi connectivity index (χ1n) is 7.07. The molecule has 0 aliphatic carbocycles. The van der Waals surface area contributed by atoms with E-state index >= 15 is 0 Å². The van der Waals surface area contributed by atoms with Crippen LogP contribution in [0.5, 0.6) is 5.75 Å². The number of ether oxygens (including phenoxy) is 1. The molecule has 1 heterocycles. The summed E-state index contributed by atoms with van der Waals surface area (Å²) in [6.07, 6.45) is 2.67. The lowest BCUT2D eigenvalue weighted by atomic mass is 10.2. The normalized spacial score (nSPS) is 10.8. The van der Waals surface area contributed by atoms with Gasteiger partial charge in [-0.2, -0.15) is 0 Å². The zero-order valence-electron chi connectivity index (χ0n) is 12.9. The highest BCUT2D eigenvalue weighted by Gasteiger charge is 2.20. The zero-order valence-corrected chi connectivity index (χ0v) is 13.7. The van der Waals surface area contributed by atoms with E-state index in [1.807, 2.05) is 19.2 Å². The molecule has 0 aliphatic rings. The van der Waals surface area contributed by atoms with Crippen LogP contribution in [0.2, 0.25) is 0 Å². The van der Waals surface area contributed by atoms with Crippen LogP contribution in [-0.4, -0.2) is 24.0 Å². The molecule has 0 saturated carbocycles. The van der Waals surface area contributed by atoms with Gasteiger partial charge < -0.3 is 9.64 Å². The number of rotatable bonds is 6. The Kier molecular flexibility index (Phi) is 5.49. The molecule has 0 radical (unpaired) electrons. The summed E-state index contributed by atoms with van der Waals surface area (Å²) < 4.78 is 18.8. The Morgan fingerprint density at radius 1 is 1.45 bits per heavy atom. The van der Waals surface area contributed by atoms with E-state index in [1.165, 1.54) is 30.6 Å². The number of benzene rings is 1. The van der Waals surface area contributed by atoms with Crippen LogP contribution in [0.1, 0.15) is 25.3 Å². The average Bonchev–Trinajstić information content (AvgIpc) is 2.98. The van der Waals surface area contributed by atoms with E-state index < -0.39 is 5.82 Å². The molecule has 1 aromatic carbocycles. The van der Waals surface area contributed by atoms with E-state index in [1.54, 1.807) is 17.2 Å². The summed E-state index contributed by atoms with van der Waals surface area (Å²) in [5, 5.41) is 2.82. The zero-order chi connectivity index (χ0) is 16.1. The first-order valence-corrected chi connectivity index (χ1v) is 7.95. The second-order valence-corrected chi connectivity index (χ2v) is 6.08. The molecule has 0 bridgehead atoms. The Labute approximate surface area is 133 Å². The first kappa shape index (κ1) is 16.4. The van der Waals surface area contributed by atoms with Crippen LogP contribution in [0.25, 0.3) is 0 Å². The molecule has 1 aromatic heterocycles. The van der Waals surface area contributed by atoms with Gasteiger partial charge in [-0.25, -0.2) is 9.37 Å². The van der Waals surface area contributed by atoms with Gasteiger partial charge in [0.15, 0.2) is 11.6 Å². The Hall–Kier alpha value is -1.95. The van der Waals surface area contributed by atoms with E-state index in [0.29, 0.717) is 18.5 Å². The molecular formula is C16H19FN2O2S. The molecule has 6 heteroatoms. The number of carbonyl (C=O) groups excluding carboxylic acids is 1. The largest absolute Gasteiger partial charge is 0.494 e. The number of anilines is 1. The SMILES string of the molecule is COc1ccc(N(C(=O)CCc2nccs2)C(C)C)cc1F. The van der Waals surface area contributed by atoms with Gasteiger partial charge >= 0.3 is 0 Å². The van der Waals surface area contributed by atoms with E-state index in [9.17, 15) is 9.18 Å². The third kappa shape index (κ3) is 3.82. The fraction of sp³-hybridized carbons (Fsp3) is 0.375. The van der Waals surface area contributed by atoms with E-state index in [4.69, 9.17) is 4.74 Å². The van der Waals surface area contributed by atoms with Crippen molar-refractivity contribution in [2.45, 2.75) is 32.7 Å². The first-order chi connectivity index (χ1) is 10.5. The summed E-state index contributed by atoms with van der Waals surface area (Å²) in [7, 11) is 1.41. The van der Waals surface area contributed by atoms with Gasteiger partial charge in [-0.05, 0) is 26.0 Å². The van der Waals surface area contributed by atoms with Crippen molar-refractivity contribution in [2.24, 2.45) is 0 Å². The van der Waals surface area contributed by atoms with Gasteiger partial charge in [0.05, 0.1) is 12.1 Å². The Morgan fingerprint density at radius 3 is 2.77 bits per heavy atom. The number of methoxy groups -OCH3 is 1. The maximum atomic E-state index is 13.9. The number of aryl methyl sites for hydroxylation is 1. The standard InChI is InChI=1S/C16H19FN2O2S/c1-11(2)19(12-4-5-14(21-3)13(17)10-12)16(20)7-6-15-18-8-9-22-15/h4-5,8-11H,6-7H2,1-3H3. The quantitative estimate of drug-likeness (QED) is 0.815. The van der Waals surface area contributed by atoms with Crippen molar-refractivity contribution in [1.82, 2.24) is 4.98 Å². The Morgan fingerprint density at radius 2 is 2.23 bits per heavy atom.